The molecular weight excluding hydrogens is 373 g/mol. The Morgan fingerprint density at radius 3 is 2.48 bits per heavy atom. The largest absolute Gasteiger partial charge is 0.356 e. The monoisotopic (exact) mass is 399 g/mol. The second-order valence-electron chi connectivity index (χ2n) is 5.25. The third-order valence-electron chi connectivity index (χ3n) is 3.85. The number of nitrogens with one attached hydrogen (secondary N) is 2. The summed E-state index contributed by atoms with van der Waals surface area (Å²) >= 11 is 0. The molecule has 1 aliphatic carbocycles. The Balaban J connectivity index is 0.00000220. The summed E-state index contributed by atoms with van der Waals surface area (Å²) in [6.45, 7) is 3.15. The van der Waals surface area contributed by atoms with Crippen molar-refractivity contribution in [1.82, 2.24) is 10.6 Å². The Morgan fingerprint density at radius 2 is 1.90 bits per heavy atom. The van der Waals surface area contributed by atoms with Gasteiger partial charge in [0.25, 0.3) is 0 Å². The number of nitrogens with zero attached hydrogens (tertiary/aromatic N) is 1. The van der Waals surface area contributed by atoms with Gasteiger partial charge in [-0.25, -0.2) is 0 Å². The minimum atomic E-state index is 0. The topological polar surface area (TPSA) is 36.4 Å². The molecule has 3 nitrogen and oxygen atoms in total. The minimum absolute atomic E-state index is 0. The second kappa shape index (κ2) is 9.82. The smallest absolute Gasteiger partial charge is 0.191 e. The Hall–Kier alpha value is -1.04. The van der Waals surface area contributed by atoms with E-state index in [4.69, 9.17) is 0 Å². The Bertz CT molecular complexity index is 448. The number of rotatable bonds is 5. The molecule has 116 valence electrons. The first-order valence-corrected chi connectivity index (χ1v) is 7.50. The molecule has 2 rings (SSSR count). The SMILES string of the molecule is CCC(CNC(=NC)NC1CC=CC1)c1ccccc1.I. The van der Waals surface area contributed by atoms with Crippen LogP contribution < -0.4 is 10.6 Å². The summed E-state index contributed by atoms with van der Waals surface area (Å²) in [5, 5.41) is 6.93. The predicted octanol–water partition coefficient (Wildman–Crippen LogP) is 3.68. The van der Waals surface area contributed by atoms with Crippen molar-refractivity contribution in [2.24, 2.45) is 4.99 Å². The predicted molar refractivity (Wildman–Crippen MR) is 102 cm³/mol. The zero-order valence-electron chi connectivity index (χ0n) is 12.9. The fraction of sp³-hybridized carbons (Fsp3) is 0.471. The zero-order chi connectivity index (χ0) is 14.2. The van der Waals surface area contributed by atoms with E-state index in [0.29, 0.717) is 12.0 Å². The fourth-order valence-corrected chi connectivity index (χ4v) is 2.57. The van der Waals surface area contributed by atoms with Crippen LogP contribution in [0, 0.1) is 0 Å². The molecule has 2 N–H and O–H groups in total. The van der Waals surface area contributed by atoms with Crippen molar-refractivity contribution in [1.29, 1.82) is 0 Å². The number of benzene rings is 1. The van der Waals surface area contributed by atoms with E-state index < -0.39 is 0 Å². The van der Waals surface area contributed by atoms with E-state index in [1.54, 1.807) is 0 Å². The van der Waals surface area contributed by atoms with Crippen molar-refractivity contribution in [2.45, 2.75) is 38.1 Å². The number of hydrogen-bond acceptors (Lipinski definition) is 1. The van der Waals surface area contributed by atoms with Crippen LogP contribution in [0.25, 0.3) is 0 Å². The molecule has 4 heteroatoms. The van der Waals surface area contributed by atoms with Gasteiger partial charge in [0.2, 0.25) is 0 Å². The van der Waals surface area contributed by atoms with Gasteiger partial charge in [-0.3, -0.25) is 4.99 Å². The Morgan fingerprint density at radius 1 is 1.24 bits per heavy atom. The first-order valence-electron chi connectivity index (χ1n) is 7.50. The molecule has 1 aromatic rings. The summed E-state index contributed by atoms with van der Waals surface area (Å²) in [6.07, 6.45) is 7.76. The lowest BCUT2D eigenvalue weighted by Gasteiger charge is -2.21. The molecule has 0 heterocycles. The summed E-state index contributed by atoms with van der Waals surface area (Å²) in [7, 11) is 1.83. The van der Waals surface area contributed by atoms with Gasteiger partial charge >= 0.3 is 0 Å². The molecule has 0 aromatic heterocycles. The number of aliphatic imine (C=N–C) groups is 1. The molecule has 0 spiro atoms. The molecule has 1 aliphatic rings. The number of hydrogen-bond donors (Lipinski definition) is 2. The van der Waals surface area contributed by atoms with Gasteiger partial charge in [0.1, 0.15) is 0 Å². The van der Waals surface area contributed by atoms with Crippen LogP contribution in [0.2, 0.25) is 0 Å². The van der Waals surface area contributed by atoms with Gasteiger partial charge in [0.15, 0.2) is 5.96 Å². The van der Waals surface area contributed by atoms with Gasteiger partial charge < -0.3 is 10.6 Å². The van der Waals surface area contributed by atoms with Crippen LogP contribution in [0.4, 0.5) is 0 Å². The number of guanidine groups is 1. The van der Waals surface area contributed by atoms with Crippen LogP contribution in [-0.2, 0) is 0 Å². The quantitative estimate of drug-likeness (QED) is 0.343. The van der Waals surface area contributed by atoms with Gasteiger partial charge in [-0.1, -0.05) is 49.4 Å². The van der Waals surface area contributed by atoms with Crippen molar-refractivity contribution >= 4 is 29.9 Å². The average molecular weight is 399 g/mol. The van der Waals surface area contributed by atoms with Crippen LogP contribution in [0.15, 0.2) is 47.5 Å². The normalized spacial score (nSPS) is 16.4. The summed E-state index contributed by atoms with van der Waals surface area (Å²) in [5.41, 5.74) is 1.39. The highest BCUT2D eigenvalue weighted by atomic mass is 127. The van der Waals surface area contributed by atoms with Gasteiger partial charge in [0, 0.05) is 25.6 Å². The highest BCUT2D eigenvalue weighted by molar-refractivity contribution is 14.0. The van der Waals surface area contributed by atoms with E-state index in [0.717, 1.165) is 31.8 Å². The van der Waals surface area contributed by atoms with E-state index in [2.05, 4.69) is 65.0 Å². The van der Waals surface area contributed by atoms with Crippen LogP contribution in [-0.4, -0.2) is 25.6 Å². The second-order valence-corrected chi connectivity index (χ2v) is 5.25. The summed E-state index contributed by atoms with van der Waals surface area (Å²) in [4.78, 5) is 4.32. The van der Waals surface area contributed by atoms with E-state index in [1.807, 2.05) is 7.05 Å². The maximum atomic E-state index is 4.32. The Labute approximate surface area is 145 Å². The molecule has 0 radical (unpaired) electrons. The van der Waals surface area contributed by atoms with Gasteiger partial charge in [-0.15, -0.1) is 24.0 Å². The molecule has 0 amide bonds. The van der Waals surface area contributed by atoms with E-state index in [1.165, 1.54) is 5.56 Å². The van der Waals surface area contributed by atoms with Gasteiger partial charge in [-0.2, -0.15) is 0 Å². The molecule has 0 saturated carbocycles. The van der Waals surface area contributed by atoms with Crippen molar-refractivity contribution < 1.29 is 0 Å². The van der Waals surface area contributed by atoms with Crippen LogP contribution in [0.5, 0.6) is 0 Å². The van der Waals surface area contributed by atoms with Crippen molar-refractivity contribution in [3.05, 3.63) is 48.0 Å². The molecule has 1 atom stereocenters. The standard InChI is InChI=1S/C17H25N3.HI/c1-3-14(15-9-5-4-6-10-15)13-19-17(18-2)20-16-11-7-8-12-16;/h4-10,14,16H,3,11-13H2,1-2H3,(H2,18,19,20);1H. The van der Waals surface area contributed by atoms with Gasteiger partial charge in [0.05, 0.1) is 0 Å². The average Bonchev–Trinajstić information content (AvgIpc) is 3.00. The van der Waals surface area contributed by atoms with Crippen molar-refractivity contribution in [2.75, 3.05) is 13.6 Å². The molecule has 1 aromatic carbocycles. The number of halogens is 1. The van der Waals surface area contributed by atoms with Crippen LogP contribution in [0.3, 0.4) is 0 Å². The van der Waals surface area contributed by atoms with E-state index >= 15 is 0 Å². The molecule has 1 unspecified atom stereocenters. The first-order chi connectivity index (χ1) is 9.83. The van der Waals surface area contributed by atoms with Crippen LogP contribution in [0.1, 0.15) is 37.7 Å². The lowest BCUT2D eigenvalue weighted by molar-refractivity contribution is 0.600. The molecular formula is C17H26IN3. The van der Waals surface area contributed by atoms with Crippen molar-refractivity contribution in [3.63, 3.8) is 0 Å². The maximum Gasteiger partial charge on any atom is 0.191 e. The van der Waals surface area contributed by atoms with E-state index in [9.17, 15) is 0 Å². The summed E-state index contributed by atoms with van der Waals surface area (Å²) in [6, 6.07) is 11.2. The summed E-state index contributed by atoms with van der Waals surface area (Å²) < 4.78 is 0. The first kappa shape index (κ1) is 18.0. The zero-order valence-corrected chi connectivity index (χ0v) is 15.2. The van der Waals surface area contributed by atoms with Crippen molar-refractivity contribution in [3.8, 4) is 0 Å². The highest BCUT2D eigenvalue weighted by Crippen LogP contribution is 2.18. The maximum absolute atomic E-state index is 4.32. The summed E-state index contributed by atoms with van der Waals surface area (Å²) in [5.74, 6) is 1.43. The molecule has 0 aliphatic heterocycles. The van der Waals surface area contributed by atoms with Gasteiger partial charge in [-0.05, 0) is 24.8 Å². The lowest BCUT2D eigenvalue weighted by Crippen LogP contribution is -2.43. The lowest BCUT2D eigenvalue weighted by atomic mass is 9.97. The Kier molecular flexibility index (Phi) is 8.42. The molecule has 0 saturated heterocycles. The fourth-order valence-electron chi connectivity index (χ4n) is 2.57. The third kappa shape index (κ3) is 5.69. The third-order valence-corrected chi connectivity index (χ3v) is 3.85. The highest BCUT2D eigenvalue weighted by Gasteiger charge is 2.13. The molecule has 0 fully saturated rings. The molecule has 0 bridgehead atoms. The molecule has 21 heavy (non-hydrogen) atoms. The van der Waals surface area contributed by atoms with Crippen LogP contribution >= 0.6 is 24.0 Å². The van der Waals surface area contributed by atoms with E-state index in [-0.39, 0.29) is 24.0 Å². The minimum Gasteiger partial charge on any atom is -0.356 e.